The summed E-state index contributed by atoms with van der Waals surface area (Å²) in [4.78, 5) is 0. The molecule has 0 fully saturated rings. The Labute approximate surface area is 112 Å². The average molecular weight is 249 g/mol. The van der Waals surface area contributed by atoms with E-state index in [9.17, 15) is 0 Å². The maximum Gasteiger partial charge on any atom is 0.123 e. The van der Waals surface area contributed by atoms with Gasteiger partial charge in [-0.2, -0.15) is 0 Å². The molecule has 18 heavy (non-hydrogen) atoms. The minimum atomic E-state index is 0.150. The van der Waals surface area contributed by atoms with Crippen LogP contribution in [0.4, 0.5) is 0 Å². The Morgan fingerprint density at radius 2 is 1.89 bits per heavy atom. The maximum absolute atomic E-state index is 5.91. The van der Waals surface area contributed by atoms with Gasteiger partial charge in [0.15, 0.2) is 0 Å². The Morgan fingerprint density at radius 1 is 1.22 bits per heavy atom. The van der Waals surface area contributed by atoms with Crippen LogP contribution in [0.1, 0.15) is 51.7 Å². The quantitative estimate of drug-likeness (QED) is 0.799. The SMILES string of the molecule is Cc1ccc(C(C)C)c(OCCNC(C)(C)C)c1. The fourth-order valence-corrected chi connectivity index (χ4v) is 1.83. The van der Waals surface area contributed by atoms with Crippen LogP contribution < -0.4 is 10.1 Å². The molecule has 0 amide bonds. The summed E-state index contributed by atoms with van der Waals surface area (Å²) < 4.78 is 5.91. The summed E-state index contributed by atoms with van der Waals surface area (Å²) in [5.74, 6) is 1.52. The summed E-state index contributed by atoms with van der Waals surface area (Å²) in [6, 6.07) is 6.45. The predicted molar refractivity (Wildman–Crippen MR) is 78.5 cm³/mol. The van der Waals surface area contributed by atoms with Crippen LogP contribution in [-0.2, 0) is 0 Å². The normalized spacial score (nSPS) is 11.9. The Kier molecular flexibility index (Phi) is 5.21. The van der Waals surface area contributed by atoms with Crippen LogP contribution in [0.3, 0.4) is 0 Å². The predicted octanol–water partition coefficient (Wildman–Crippen LogP) is 3.89. The molecule has 0 aliphatic carbocycles. The first-order chi connectivity index (χ1) is 8.29. The maximum atomic E-state index is 5.91. The molecule has 1 rings (SSSR count). The van der Waals surface area contributed by atoms with Crippen molar-refractivity contribution in [2.45, 2.75) is 53.0 Å². The first-order valence-corrected chi connectivity index (χ1v) is 6.78. The molecule has 0 bridgehead atoms. The van der Waals surface area contributed by atoms with Crippen LogP contribution in [0.25, 0.3) is 0 Å². The van der Waals surface area contributed by atoms with Gasteiger partial charge in [-0.05, 0) is 50.8 Å². The molecule has 0 aromatic heterocycles. The monoisotopic (exact) mass is 249 g/mol. The zero-order valence-electron chi connectivity index (χ0n) is 12.6. The molecule has 102 valence electrons. The summed E-state index contributed by atoms with van der Waals surface area (Å²) in [6.07, 6.45) is 0. The van der Waals surface area contributed by atoms with Crippen molar-refractivity contribution in [1.82, 2.24) is 5.32 Å². The molecule has 0 heterocycles. The summed E-state index contributed by atoms with van der Waals surface area (Å²) in [7, 11) is 0. The standard InChI is InChI=1S/C16H27NO/c1-12(2)14-8-7-13(3)11-15(14)18-10-9-17-16(4,5)6/h7-8,11-12,17H,9-10H2,1-6H3. The van der Waals surface area contributed by atoms with Crippen LogP contribution in [0.2, 0.25) is 0 Å². The van der Waals surface area contributed by atoms with Gasteiger partial charge in [-0.15, -0.1) is 0 Å². The smallest absolute Gasteiger partial charge is 0.123 e. The lowest BCUT2D eigenvalue weighted by Crippen LogP contribution is -2.38. The summed E-state index contributed by atoms with van der Waals surface area (Å²) in [5, 5.41) is 3.43. The molecule has 0 atom stereocenters. The minimum absolute atomic E-state index is 0.150. The molecule has 1 aromatic carbocycles. The van der Waals surface area contributed by atoms with Crippen molar-refractivity contribution in [3.05, 3.63) is 29.3 Å². The van der Waals surface area contributed by atoms with Crippen LogP contribution >= 0.6 is 0 Å². The molecular formula is C16H27NO. The minimum Gasteiger partial charge on any atom is -0.492 e. The Morgan fingerprint density at radius 3 is 2.44 bits per heavy atom. The molecule has 0 aliphatic rings. The third-order valence-electron chi connectivity index (χ3n) is 2.81. The van der Waals surface area contributed by atoms with E-state index in [0.29, 0.717) is 12.5 Å². The highest BCUT2D eigenvalue weighted by molar-refractivity contribution is 5.39. The average Bonchev–Trinajstić information content (AvgIpc) is 2.22. The van der Waals surface area contributed by atoms with E-state index in [1.807, 2.05) is 0 Å². The van der Waals surface area contributed by atoms with Gasteiger partial charge in [0.25, 0.3) is 0 Å². The largest absolute Gasteiger partial charge is 0.492 e. The number of hydrogen-bond acceptors (Lipinski definition) is 2. The van der Waals surface area contributed by atoms with Crippen LogP contribution in [-0.4, -0.2) is 18.7 Å². The molecule has 0 spiro atoms. The van der Waals surface area contributed by atoms with Crippen molar-refractivity contribution in [3.8, 4) is 5.75 Å². The lowest BCUT2D eigenvalue weighted by molar-refractivity contribution is 0.287. The third kappa shape index (κ3) is 5.09. The second kappa shape index (κ2) is 6.24. The lowest BCUT2D eigenvalue weighted by Gasteiger charge is -2.21. The van der Waals surface area contributed by atoms with E-state index >= 15 is 0 Å². The number of nitrogens with one attached hydrogen (secondary N) is 1. The van der Waals surface area contributed by atoms with Gasteiger partial charge in [-0.3, -0.25) is 0 Å². The van der Waals surface area contributed by atoms with Gasteiger partial charge in [-0.1, -0.05) is 26.0 Å². The van der Waals surface area contributed by atoms with E-state index in [2.05, 4.69) is 65.1 Å². The highest BCUT2D eigenvalue weighted by Gasteiger charge is 2.10. The third-order valence-corrected chi connectivity index (χ3v) is 2.81. The van der Waals surface area contributed by atoms with Crippen LogP contribution in [0.15, 0.2) is 18.2 Å². The van der Waals surface area contributed by atoms with Crippen molar-refractivity contribution in [3.63, 3.8) is 0 Å². The van der Waals surface area contributed by atoms with E-state index in [4.69, 9.17) is 4.74 Å². The molecule has 2 heteroatoms. The highest BCUT2D eigenvalue weighted by atomic mass is 16.5. The van der Waals surface area contributed by atoms with Crippen molar-refractivity contribution >= 4 is 0 Å². The molecule has 2 nitrogen and oxygen atoms in total. The molecule has 1 N–H and O–H groups in total. The molecular weight excluding hydrogens is 222 g/mol. The molecule has 0 unspecified atom stereocenters. The zero-order valence-corrected chi connectivity index (χ0v) is 12.6. The second-order valence-electron chi connectivity index (χ2n) is 6.22. The van der Waals surface area contributed by atoms with Gasteiger partial charge in [0.2, 0.25) is 0 Å². The van der Waals surface area contributed by atoms with Crippen molar-refractivity contribution in [1.29, 1.82) is 0 Å². The van der Waals surface area contributed by atoms with Gasteiger partial charge in [-0.25, -0.2) is 0 Å². The fraction of sp³-hybridized carbons (Fsp3) is 0.625. The first-order valence-electron chi connectivity index (χ1n) is 6.78. The Bertz CT molecular complexity index is 377. The molecule has 1 aromatic rings. The van der Waals surface area contributed by atoms with Gasteiger partial charge < -0.3 is 10.1 Å². The van der Waals surface area contributed by atoms with E-state index in [0.717, 1.165) is 12.3 Å². The van der Waals surface area contributed by atoms with Crippen LogP contribution in [0.5, 0.6) is 5.75 Å². The number of aryl methyl sites for hydroxylation is 1. The van der Waals surface area contributed by atoms with E-state index in [-0.39, 0.29) is 5.54 Å². The summed E-state index contributed by atoms with van der Waals surface area (Å²) in [5.41, 5.74) is 2.69. The van der Waals surface area contributed by atoms with Gasteiger partial charge >= 0.3 is 0 Å². The molecule has 0 aliphatic heterocycles. The number of hydrogen-bond donors (Lipinski definition) is 1. The van der Waals surface area contributed by atoms with E-state index < -0.39 is 0 Å². The van der Waals surface area contributed by atoms with E-state index in [1.165, 1.54) is 11.1 Å². The number of rotatable bonds is 5. The lowest BCUT2D eigenvalue weighted by atomic mass is 10.0. The molecule has 0 saturated heterocycles. The molecule has 0 radical (unpaired) electrons. The topological polar surface area (TPSA) is 21.3 Å². The van der Waals surface area contributed by atoms with Crippen molar-refractivity contribution in [2.24, 2.45) is 0 Å². The van der Waals surface area contributed by atoms with E-state index in [1.54, 1.807) is 0 Å². The summed E-state index contributed by atoms with van der Waals surface area (Å²) in [6.45, 7) is 14.6. The van der Waals surface area contributed by atoms with Gasteiger partial charge in [0.1, 0.15) is 12.4 Å². The zero-order chi connectivity index (χ0) is 13.8. The van der Waals surface area contributed by atoms with Gasteiger partial charge in [0.05, 0.1) is 0 Å². The highest BCUT2D eigenvalue weighted by Crippen LogP contribution is 2.27. The second-order valence-corrected chi connectivity index (χ2v) is 6.22. The van der Waals surface area contributed by atoms with Gasteiger partial charge in [0, 0.05) is 12.1 Å². The number of ether oxygens (including phenoxy) is 1. The number of benzene rings is 1. The summed E-state index contributed by atoms with van der Waals surface area (Å²) >= 11 is 0. The fourth-order valence-electron chi connectivity index (χ4n) is 1.83. The van der Waals surface area contributed by atoms with Crippen molar-refractivity contribution in [2.75, 3.05) is 13.2 Å². The Balaban J connectivity index is 2.58. The first kappa shape index (κ1) is 15.0. The van der Waals surface area contributed by atoms with Crippen LogP contribution in [0, 0.1) is 6.92 Å². The molecule has 0 saturated carbocycles. The van der Waals surface area contributed by atoms with Crippen molar-refractivity contribution < 1.29 is 4.74 Å². The Hall–Kier alpha value is -1.02.